The third-order valence-electron chi connectivity index (χ3n) is 4.04. The van der Waals surface area contributed by atoms with E-state index >= 15 is 0 Å². The van der Waals surface area contributed by atoms with E-state index in [0.717, 1.165) is 33.2 Å². The van der Waals surface area contributed by atoms with Crippen molar-refractivity contribution in [3.63, 3.8) is 0 Å². The molecule has 0 saturated heterocycles. The second kappa shape index (κ2) is 5.66. The van der Waals surface area contributed by atoms with Crippen molar-refractivity contribution >= 4 is 22.7 Å². The molecule has 0 unspecified atom stereocenters. The van der Waals surface area contributed by atoms with Crippen LogP contribution in [0.5, 0.6) is 0 Å². The Morgan fingerprint density at radius 2 is 1.25 bits per heavy atom. The molecule has 0 bridgehead atoms. The van der Waals surface area contributed by atoms with Crippen LogP contribution in [0, 0.1) is 0 Å². The van der Waals surface area contributed by atoms with E-state index in [4.69, 9.17) is 11.5 Å². The van der Waals surface area contributed by atoms with Crippen molar-refractivity contribution in [1.82, 2.24) is 9.97 Å². The molecule has 24 heavy (non-hydrogen) atoms. The van der Waals surface area contributed by atoms with Crippen molar-refractivity contribution in [2.45, 2.75) is 0 Å². The minimum atomic E-state index is 0.185. The lowest BCUT2D eigenvalue weighted by Gasteiger charge is -2.12. The topological polar surface area (TPSA) is 77.8 Å². The van der Waals surface area contributed by atoms with Gasteiger partial charge in [-0.3, -0.25) is 0 Å². The minimum absolute atomic E-state index is 0.185. The standard InChI is InChI=1S/C20H16N4/c21-19-17-12-15(13-7-3-1-4-8-13)11-16(14-9-5-2-6-10-14)18(17)23-20(22)24-19/h1-12H,(H4,21,22,23,24). The molecule has 3 aromatic carbocycles. The minimum Gasteiger partial charge on any atom is -0.383 e. The van der Waals surface area contributed by atoms with E-state index in [2.05, 4.69) is 40.3 Å². The first-order chi connectivity index (χ1) is 11.7. The van der Waals surface area contributed by atoms with Crippen LogP contribution in [0.1, 0.15) is 0 Å². The summed E-state index contributed by atoms with van der Waals surface area (Å²) in [6, 6.07) is 24.4. The normalized spacial score (nSPS) is 10.8. The zero-order chi connectivity index (χ0) is 16.5. The average Bonchev–Trinajstić information content (AvgIpc) is 2.62. The summed E-state index contributed by atoms with van der Waals surface area (Å²) in [7, 11) is 0. The van der Waals surface area contributed by atoms with Gasteiger partial charge in [0, 0.05) is 10.9 Å². The van der Waals surface area contributed by atoms with E-state index in [1.165, 1.54) is 0 Å². The second-order valence-electron chi connectivity index (χ2n) is 5.62. The summed E-state index contributed by atoms with van der Waals surface area (Å²) in [6.07, 6.45) is 0. The number of nitrogens with zero attached hydrogens (tertiary/aromatic N) is 2. The van der Waals surface area contributed by atoms with E-state index < -0.39 is 0 Å². The number of hydrogen-bond acceptors (Lipinski definition) is 4. The molecule has 4 rings (SSSR count). The molecule has 1 heterocycles. The van der Waals surface area contributed by atoms with Gasteiger partial charge in [0.15, 0.2) is 0 Å². The van der Waals surface area contributed by atoms with Gasteiger partial charge in [-0.15, -0.1) is 0 Å². The fourth-order valence-electron chi connectivity index (χ4n) is 2.91. The van der Waals surface area contributed by atoms with Gasteiger partial charge >= 0.3 is 0 Å². The summed E-state index contributed by atoms with van der Waals surface area (Å²) in [5.74, 6) is 0.581. The number of rotatable bonds is 2. The quantitative estimate of drug-likeness (QED) is 0.583. The van der Waals surface area contributed by atoms with Gasteiger partial charge in [-0.05, 0) is 28.8 Å². The van der Waals surface area contributed by atoms with Gasteiger partial charge in [0.2, 0.25) is 5.95 Å². The summed E-state index contributed by atoms with van der Waals surface area (Å²) in [5, 5.41) is 0.810. The van der Waals surface area contributed by atoms with Gasteiger partial charge in [0.1, 0.15) is 5.82 Å². The van der Waals surface area contributed by atoms with Crippen LogP contribution in [-0.4, -0.2) is 9.97 Å². The van der Waals surface area contributed by atoms with Crippen LogP contribution in [0.25, 0.3) is 33.2 Å². The maximum atomic E-state index is 6.12. The molecule has 1 aromatic heterocycles. The molecule has 4 N–H and O–H groups in total. The Morgan fingerprint density at radius 1 is 0.625 bits per heavy atom. The second-order valence-corrected chi connectivity index (χ2v) is 5.62. The van der Waals surface area contributed by atoms with Gasteiger partial charge in [-0.25, -0.2) is 4.98 Å². The Morgan fingerprint density at radius 3 is 1.92 bits per heavy atom. The Balaban J connectivity index is 2.08. The molecule has 4 heteroatoms. The van der Waals surface area contributed by atoms with Crippen molar-refractivity contribution in [1.29, 1.82) is 0 Å². The molecular formula is C20H16N4. The first kappa shape index (κ1) is 14.2. The fraction of sp³-hybridized carbons (Fsp3) is 0. The molecule has 0 saturated carbocycles. The molecule has 4 nitrogen and oxygen atoms in total. The maximum absolute atomic E-state index is 6.12. The number of nitrogen functional groups attached to an aromatic ring is 2. The van der Waals surface area contributed by atoms with Gasteiger partial charge in [0.05, 0.1) is 5.52 Å². The van der Waals surface area contributed by atoms with E-state index in [9.17, 15) is 0 Å². The highest BCUT2D eigenvalue weighted by Crippen LogP contribution is 2.35. The molecule has 0 radical (unpaired) electrons. The molecule has 116 valence electrons. The Labute approximate surface area is 139 Å². The van der Waals surface area contributed by atoms with Crippen molar-refractivity contribution in [2.75, 3.05) is 11.5 Å². The Kier molecular flexibility index (Phi) is 3.35. The molecule has 0 atom stereocenters. The smallest absolute Gasteiger partial charge is 0.222 e. The Bertz CT molecular complexity index is 1010. The molecule has 0 aliphatic heterocycles. The predicted molar refractivity (Wildman–Crippen MR) is 99.2 cm³/mol. The zero-order valence-electron chi connectivity index (χ0n) is 13.0. The molecule has 0 spiro atoms. The van der Waals surface area contributed by atoms with Crippen LogP contribution >= 0.6 is 0 Å². The van der Waals surface area contributed by atoms with Gasteiger partial charge < -0.3 is 11.5 Å². The van der Waals surface area contributed by atoms with Crippen molar-refractivity contribution in [3.8, 4) is 22.3 Å². The van der Waals surface area contributed by atoms with E-state index in [0.29, 0.717) is 5.82 Å². The molecule has 0 aliphatic carbocycles. The average molecular weight is 312 g/mol. The SMILES string of the molecule is Nc1nc(N)c2cc(-c3ccccc3)cc(-c3ccccc3)c2n1. The summed E-state index contributed by atoms with van der Waals surface area (Å²) < 4.78 is 0. The van der Waals surface area contributed by atoms with Crippen molar-refractivity contribution < 1.29 is 0 Å². The molecule has 0 amide bonds. The maximum Gasteiger partial charge on any atom is 0.222 e. The highest BCUT2D eigenvalue weighted by atomic mass is 15.0. The molecule has 4 aromatic rings. The Hall–Kier alpha value is -3.40. The first-order valence-corrected chi connectivity index (χ1v) is 7.70. The van der Waals surface area contributed by atoms with Gasteiger partial charge in [0.25, 0.3) is 0 Å². The van der Waals surface area contributed by atoms with E-state index in [1.807, 2.05) is 42.5 Å². The lowest BCUT2D eigenvalue weighted by Crippen LogP contribution is -2.01. The van der Waals surface area contributed by atoms with Crippen LogP contribution < -0.4 is 11.5 Å². The first-order valence-electron chi connectivity index (χ1n) is 7.70. The van der Waals surface area contributed by atoms with Crippen LogP contribution in [0.4, 0.5) is 11.8 Å². The summed E-state index contributed by atoms with van der Waals surface area (Å²) in [5.41, 5.74) is 17.0. The number of benzene rings is 3. The van der Waals surface area contributed by atoms with Crippen molar-refractivity contribution in [3.05, 3.63) is 72.8 Å². The predicted octanol–water partition coefficient (Wildman–Crippen LogP) is 4.13. The number of fused-ring (bicyclic) bond motifs is 1. The largest absolute Gasteiger partial charge is 0.383 e. The number of aromatic nitrogens is 2. The third-order valence-corrected chi connectivity index (χ3v) is 4.04. The van der Waals surface area contributed by atoms with Gasteiger partial charge in [-0.2, -0.15) is 4.98 Å². The number of nitrogens with two attached hydrogens (primary N) is 2. The van der Waals surface area contributed by atoms with E-state index in [-0.39, 0.29) is 5.95 Å². The highest BCUT2D eigenvalue weighted by molar-refractivity contribution is 6.02. The summed E-state index contributed by atoms with van der Waals surface area (Å²) >= 11 is 0. The van der Waals surface area contributed by atoms with Crippen LogP contribution in [0.3, 0.4) is 0 Å². The van der Waals surface area contributed by atoms with E-state index in [1.54, 1.807) is 0 Å². The molecule has 0 aliphatic rings. The zero-order valence-corrected chi connectivity index (χ0v) is 13.0. The molecule has 0 fully saturated rings. The molecular weight excluding hydrogens is 296 g/mol. The number of hydrogen-bond donors (Lipinski definition) is 2. The lowest BCUT2D eigenvalue weighted by molar-refractivity contribution is 1.25. The lowest BCUT2D eigenvalue weighted by atomic mass is 9.96. The summed E-state index contributed by atoms with van der Waals surface area (Å²) in [4.78, 5) is 8.55. The van der Waals surface area contributed by atoms with Crippen LogP contribution in [0.2, 0.25) is 0 Å². The highest BCUT2D eigenvalue weighted by Gasteiger charge is 2.12. The summed E-state index contributed by atoms with van der Waals surface area (Å²) in [6.45, 7) is 0. The van der Waals surface area contributed by atoms with Gasteiger partial charge in [-0.1, -0.05) is 60.7 Å². The van der Waals surface area contributed by atoms with Crippen molar-refractivity contribution in [2.24, 2.45) is 0 Å². The number of anilines is 2. The fourth-order valence-corrected chi connectivity index (χ4v) is 2.91. The monoisotopic (exact) mass is 312 g/mol. The third kappa shape index (κ3) is 2.44. The van der Waals surface area contributed by atoms with Crippen LogP contribution in [-0.2, 0) is 0 Å². The van der Waals surface area contributed by atoms with Crippen LogP contribution in [0.15, 0.2) is 72.8 Å².